The van der Waals surface area contributed by atoms with E-state index in [4.69, 9.17) is 4.74 Å². The van der Waals surface area contributed by atoms with E-state index < -0.39 is 0 Å². The average molecular weight is 265 g/mol. The second-order valence-corrected chi connectivity index (χ2v) is 4.20. The van der Waals surface area contributed by atoms with Gasteiger partial charge in [-0.25, -0.2) is 15.0 Å². The Morgan fingerprint density at radius 1 is 1.39 bits per heavy atom. The normalized spacial score (nSPS) is 10.1. The number of methoxy groups -OCH3 is 2. The van der Waals surface area contributed by atoms with Crippen LogP contribution in [0.2, 0.25) is 0 Å². The zero-order valence-corrected chi connectivity index (χ0v) is 10.7. The lowest BCUT2D eigenvalue weighted by molar-refractivity contribution is -0.139. The topological polar surface area (TPSA) is 74.2 Å². The number of aromatic nitrogens is 3. The van der Waals surface area contributed by atoms with Crippen LogP contribution in [0.5, 0.6) is 5.88 Å². The van der Waals surface area contributed by atoms with Crippen molar-refractivity contribution in [2.24, 2.45) is 0 Å². The first kappa shape index (κ1) is 12.4. The lowest BCUT2D eigenvalue weighted by Gasteiger charge is -1.99. The summed E-state index contributed by atoms with van der Waals surface area (Å²) in [5.74, 6) is 0.164. The molecule has 2 aromatic rings. The van der Waals surface area contributed by atoms with Gasteiger partial charge >= 0.3 is 5.97 Å². The molecule has 0 spiro atoms. The van der Waals surface area contributed by atoms with Gasteiger partial charge in [-0.1, -0.05) is 0 Å². The molecule has 7 heteroatoms. The molecule has 0 aromatic carbocycles. The summed E-state index contributed by atoms with van der Waals surface area (Å²) in [7, 11) is 2.89. The molecule has 0 atom stereocenters. The van der Waals surface area contributed by atoms with E-state index in [0.717, 1.165) is 5.01 Å². The Hall–Kier alpha value is -2.02. The number of esters is 1. The van der Waals surface area contributed by atoms with Crippen LogP contribution in [0.4, 0.5) is 0 Å². The fourth-order valence-corrected chi connectivity index (χ4v) is 2.08. The minimum Gasteiger partial charge on any atom is -0.481 e. The van der Waals surface area contributed by atoms with E-state index in [1.165, 1.54) is 31.9 Å². The van der Waals surface area contributed by atoms with Crippen LogP contribution in [0.3, 0.4) is 0 Å². The number of nitrogens with zero attached hydrogens (tertiary/aromatic N) is 3. The summed E-state index contributed by atoms with van der Waals surface area (Å²) < 4.78 is 9.60. The maximum Gasteiger partial charge on any atom is 0.311 e. The van der Waals surface area contributed by atoms with Crippen LogP contribution in [0.25, 0.3) is 10.7 Å². The third-order valence-electron chi connectivity index (χ3n) is 2.18. The Morgan fingerprint density at radius 3 is 2.94 bits per heavy atom. The highest BCUT2D eigenvalue weighted by atomic mass is 32.1. The van der Waals surface area contributed by atoms with Crippen LogP contribution in [-0.2, 0) is 16.0 Å². The molecule has 0 aliphatic rings. The van der Waals surface area contributed by atoms with Gasteiger partial charge < -0.3 is 9.47 Å². The molecule has 0 bridgehead atoms. The monoisotopic (exact) mass is 265 g/mol. The fourth-order valence-electron chi connectivity index (χ4n) is 1.29. The van der Waals surface area contributed by atoms with Gasteiger partial charge in [0.25, 0.3) is 0 Å². The van der Waals surface area contributed by atoms with Crippen molar-refractivity contribution in [2.75, 3.05) is 14.2 Å². The first-order valence-corrected chi connectivity index (χ1v) is 5.98. The number of hydrogen-bond donors (Lipinski definition) is 0. The van der Waals surface area contributed by atoms with Crippen LogP contribution >= 0.6 is 11.3 Å². The molecule has 0 N–H and O–H groups in total. The minimum atomic E-state index is -0.313. The van der Waals surface area contributed by atoms with E-state index >= 15 is 0 Å². The van der Waals surface area contributed by atoms with Crippen molar-refractivity contribution in [2.45, 2.75) is 6.42 Å². The van der Waals surface area contributed by atoms with Gasteiger partial charge in [0, 0.05) is 11.4 Å². The quantitative estimate of drug-likeness (QED) is 0.776. The Labute approximate surface area is 108 Å². The largest absolute Gasteiger partial charge is 0.481 e. The van der Waals surface area contributed by atoms with E-state index in [0.29, 0.717) is 17.3 Å². The molecule has 2 rings (SSSR count). The maximum atomic E-state index is 11.1. The molecule has 0 saturated carbocycles. The Morgan fingerprint density at radius 2 is 2.22 bits per heavy atom. The molecule has 0 aliphatic heterocycles. The predicted molar refractivity (Wildman–Crippen MR) is 65.4 cm³/mol. The number of carbonyl (C=O) groups is 1. The van der Waals surface area contributed by atoms with Crippen molar-refractivity contribution in [3.05, 3.63) is 23.5 Å². The number of thiazole rings is 1. The van der Waals surface area contributed by atoms with Crippen molar-refractivity contribution in [3.63, 3.8) is 0 Å². The molecule has 0 saturated heterocycles. The molecule has 94 valence electrons. The average Bonchev–Trinajstić information content (AvgIpc) is 2.87. The summed E-state index contributed by atoms with van der Waals surface area (Å²) in [6.07, 6.45) is 1.57. The summed E-state index contributed by atoms with van der Waals surface area (Å²) >= 11 is 1.41. The van der Waals surface area contributed by atoms with Crippen LogP contribution < -0.4 is 4.74 Å². The highest BCUT2D eigenvalue weighted by Gasteiger charge is 2.10. The van der Waals surface area contributed by atoms with Gasteiger partial charge in [-0.3, -0.25) is 4.79 Å². The van der Waals surface area contributed by atoms with E-state index in [-0.39, 0.29) is 12.4 Å². The predicted octanol–water partition coefficient (Wildman–Crippen LogP) is 1.32. The number of rotatable bonds is 4. The van der Waals surface area contributed by atoms with Gasteiger partial charge in [0.05, 0.1) is 26.3 Å². The summed E-state index contributed by atoms with van der Waals surface area (Å²) in [6, 6.07) is 1.70. The van der Waals surface area contributed by atoms with E-state index in [9.17, 15) is 4.79 Å². The standard InChI is InChI=1S/C11H11N3O3S/c1-16-9-4-8(12-6-13-9)11-14-7(5-18-11)3-10(15)17-2/h4-6H,3H2,1-2H3. The lowest BCUT2D eigenvalue weighted by Crippen LogP contribution is -2.04. The van der Waals surface area contributed by atoms with Crippen molar-refractivity contribution in [1.29, 1.82) is 0 Å². The lowest BCUT2D eigenvalue weighted by atomic mass is 10.3. The molecule has 0 unspecified atom stereocenters. The van der Waals surface area contributed by atoms with Gasteiger partial charge in [-0.2, -0.15) is 0 Å². The van der Waals surface area contributed by atoms with Crippen LogP contribution in [0.15, 0.2) is 17.8 Å². The molecular weight excluding hydrogens is 254 g/mol. The van der Waals surface area contributed by atoms with Crippen LogP contribution in [-0.4, -0.2) is 35.1 Å². The highest BCUT2D eigenvalue weighted by molar-refractivity contribution is 7.13. The SMILES string of the molecule is COC(=O)Cc1csc(-c2cc(OC)ncn2)n1. The van der Waals surface area contributed by atoms with Crippen LogP contribution in [0, 0.1) is 0 Å². The van der Waals surface area contributed by atoms with Crippen LogP contribution in [0.1, 0.15) is 5.69 Å². The molecule has 6 nitrogen and oxygen atoms in total. The third kappa shape index (κ3) is 2.80. The third-order valence-corrected chi connectivity index (χ3v) is 3.09. The molecular formula is C11H11N3O3S. The Kier molecular flexibility index (Phi) is 3.83. The fraction of sp³-hybridized carbons (Fsp3) is 0.273. The van der Waals surface area contributed by atoms with Crippen molar-refractivity contribution >= 4 is 17.3 Å². The second-order valence-electron chi connectivity index (χ2n) is 3.34. The zero-order valence-electron chi connectivity index (χ0n) is 9.91. The molecule has 0 radical (unpaired) electrons. The van der Waals surface area contributed by atoms with Crippen molar-refractivity contribution < 1.29 is 14.3 Å². The first-order chi connectivity index (χ1) is 8.72. The minimum absolute atomic E-state index is 0.162. The summed E-state index contributed by atoms with van der Waals surface area (Å²) in [4.78, 5) is 23.5. The van der Waals surface area contributed by atoms with E-state index in [1.807, 2.05) is 0 Å². The molecule has 18 heavy (non-hydrogen) atoms. The summed E-state index contributed by atoms with van der Waals surface area (Å²) in [5.41, 5.74) is 1.34. The second kappa shape index (κ2) is 5.54. The van der Waals surface area contributed by atoms with Gasteiger partial charge in [-0.15, -0.1) is 11.3 Å². The number of ether oxygens (including phenoxy) is 2. The Balaban J connectivity index is 2.20. The summed E-state index contributed by atoms with van der Waals surface area (Å²) in [6.45, 7) is 0. The smallest absolute Gasteiger partial charge is 0.311 e. The van der Waals surface area contributed by atoms with Gasteiger partial charge in [0.2, 0.25) is 5.88 Å². The maximum absolute atomic E-state index is 11.1. The molecule has 0 aliphatic carbocycles. The molecule has 2 heterocycles. The first-order valence-electron chi connectivity index (χ1n) is 5.10. The van der Waals surface area contributed by atoms with E-state index in [1.54, 1.807) is 11.4 Å². The zero-order chi connectivity index (χ0) is 13.0. The number of hydrogen-bond acceptors (Lipinski definition) is 7. The van der Waals surface area contributed by atoms with E-state index in [2.05, 4.69) is 19.7 Å². The van der Waals surface area contributed by atoms with Crippen molar-refractivity contribution in [3.8, 4) is 16.6 Å². The molecule has 0 fully saturated rings. The molecule has 2 aromatic heterocycles. The molecule has 0 amide bonds. The van der Waals surface area contributed by atoms with Gasteiger partial charge in [0.1, 0.15) is 17.0 Å². The highest BCUT2D eigenvalue weighted by Crippen LogP contribution is 2.23. The summed E-state index contributed by atoms with van der Waals surface area (Å²) in [5, 5.41) is 2.52. The number of carbonyl (C=O) groups excluding carboxylic acids is 1. The Bertz CT molecular complexity index is 556. The van der Waals surface area contributed by atoms with Gasteiger partial charge in [0.15, 0.2) is 0 Å². The van der Waals surface area contributed by atoms with Gasteiger partial charge in [-0.05, 0) is 0 Å². The van der Waals surface area contributed by atoms with Crippen molar-refractivity contribution in [1.82, 2.24) is 15.0 Å².